The third-order valence-corrected chi connectivity index (χ3v) is 3.59. The third-order valence-electron chi connectivity index (χ3n) is 3.59. The van der Waals surface area contributed by atoms with Crippen molar-refractivity contribution in [3.63, 3.8) is 0 Å². The van der Waals surface area contributed by atoms with Crippen LogP contribution in [0.5, 0.6) is 0 Å². The van der Waals surface area contributed by atoms with Gasteiger partial charge in [0.1, 0.15) is 0 Å². The third kappa shape index (κ3) is 4.69. The smallest absolute Gasteiger partial charge is 0.335 e. The maximum Gasteiger partial charge on any atom is 0.335 e. The molecule has 0 aliphatic heterocycles. The van der Waals surface area contributed by atoms with Crippen molar-refractivity contribution in [2.75, 3.05) is 6.54 Å². The van der Waals surface area contributed by atoms with Gasteiger partial charge in [-0.25, -0.2) is 4.79 Å². The van der Waals surface area contributed by atoms with E-state index in [2.05, 4.69) is 5.32 Å². The molecule has 0 saturated heterocycles. The molecule has 0 aromatic heterocycles. The molecular formula is C18H21NO3. The van der Waals surface area contributed by atoms with E-state index < -0.39 is 12.1 Å². The van der Waals surface area contributed by atoms with Crippen LogP contribution in [-0.4, -0.2) is 28.8 Å². The second-order valence-corrected chi connectivity index (χ2v) is 5.44. The van der Waals surface area contributed by atoms with E-state index in [-0.39, 0.29) is 6.04 Å². The predicted molar refractivity (Wildman–Crippen MR) is 86.0 cm³/mol. The monoisotopic (exact) mass is 299 g/mol. The fraction of sp³-hybridized carbons (Fsp3) is 0.278. The Balaban J connectivity index is 1.82. The first kappa shape index (κ1) is 16.2. The minimum absolute atomic E-state index is 0.189. The van der Waals surface area contributed by atoms with Crippen LogP contribution in [0.15, 0.2) is 54.6 Å². The Bertz CT molecular complexity index is 595. The lowest BCUT2D eigenvalue weighted by molar-refractivity contribution is 0.0697. The largest absolute Gasteiger partial charge is 0.478 e. The molecule has 4 nitrogen and oxygen atoms in total. The van der Waals surface area contributed by atoms with Crippen molar-refractivity contribution in [3.05, 3.63) is 71.3 Å². The summed E-state index contributed by atoms with van der Waals surface area (Å²) in [7, 11) is 0. The maximum atomic E-state index is 10.8. The van der Waals surface area contributed by atoms with Crippen LogP contribution in [-0.2, 0) is 6.42 Å². The Kier molecular flexibility index (Phi) is 5.69. The van der Waals surface area contributed by atoms with Crippen LogP contribution in [0.25, 0.3) is 0 Å². The summed E-state index contributed by atoms with van der Waals surface area (Å²) in [6, 6.07) is 16.6. The Hall–Kier alpha value is -2.17. The molecule has 116 valence electrons. The summed E-state index contributed by atoms with van der Waals surface area (Å²) < 4.78 is 0. The Labute approximate surface area is 130 Å². The van der Waals surface area contributed by atoms with E-state index in [1.54, 1.807) is 12.1 Å². The molecular weight excluding hydrogens is 278 g/mol. The fourth-order valence-corrected chi connectivity index (χ4v) is 2.31. The summed E-state index contributed by atoms with van der Waals surface area (Å²) in [4.78, 5) is 10.8. The highest BCUT2D eigenvalue weighted by Gasteiger charge is 2.10. The van der Waals surface area contributed by atoms with Crippen molar-refractivity contribution in [2.24, 2.45) is 0 Å². The van der Waals surface area contributed by atoms with E-state index in [1.807, 2.05) is 49.4 Å². The van der Waals surface area contributed by atoms with Crippen LogP contribution in [0.4, 0.5) is 0 Å². The fourth-order valence-electron chi connectivity index (χ4n) is 2.31. The molecule has 0 radical (unpaired) electrons. The number of aliphatic hydroxyl groups excluding tert-OH is 1. The molecule has 0 saturated carbocycles. The summed E-state index contributed by atoms with van der Waals surface area (Å²) in [5, 5.41) is 22.3. The van der Waals surface area contributed by atoms with Crippen LogP contribution in [0.2, 0.25) is 0 Å². The summed E-state index contributed by atoms with van der Waals surface area (Å²) in [5.74, 6) is -0.913. The highest BCUT2D eigenvalue weighted by molar-refractivity contribution is 5.87. The Morgan fingerprint density at radius 2 is 1.73 bits per heavy atom. The molecule has 0 amide bonds. The first-order valence-electron chi connectivity index (χ1n) is 7.35. The van der Waals surface area contributed by atoms with E-state index in [0.29, 0.717) is 12.1 Å². The number of nitrogens with one attached hydrogen (secondary N) is 1. The number of hydrogen-bond donors (Lipinski definition) is 3. The van der Waals surface area contributed by atoms with Gasteiger partial charge in [-0.3, -0.25) is 0 Å². The highest BCUT2D eigenvalue weighted by Crippen LogP contribution is 2.12. The summed E-state index contributed by atoms with van der Waals surface area (Å²) in [6.07, 6.45) is 0.250. The van der Waals surface area contributed by atoms with Gasteiger partial charge in [-0.15, -0.1) is 0 Å². The lowest BCUT2D eigenvalue weighted by Gasteiger charge is -2.17. The van der Waals surface area contributed by atoms with E-state index in [4.69, 9.17) is 5.11 Å². The standard InChI is InChI=1S/C18H21NO3/c1-13(11-14-7-9-16(10-8-14)18(21)22)19-12-17(20)15-5-3-2-4-6-15/h2-10,13,17,19-20H,11-12H2,1H3,(H,21,22). The number of hydrogen-bond acceptors (Lipinski definition) is 3. The van der Waals surface area contributed by atoms with Gasteiger partial charge in [0.05, 0.1) is 11.7 Å². The van der Waals surface area contributed by atoms with Crippen LogP contribution in [0, 0.1) is 0 Å². The van der Waals surface area contributed by atoms with E-state index >= 15 is 0 Å². The van der Waals surface area contributed by atoms with E-state index in [0.717, 1.165) is 17.5 Å². The van der Waals surface area contributed by atoms with Crippen molar-refractivity contribution in [1.29, 1.82) is 0 Å². The van der Waals surface area contributed by atoms with E-state index in [9.17, 15) is 9.90 Å². The number of carboxylic acid groups (broad SMARTS) is 1. The van der Waals surface area contributed by atoms with Gasteiger partial charge in [-0.05, 0) is 36.6 Å². The molecule has 2 rings (SSSR count). The maximum absolute atomic E-state index is 10.8. The van der Waals surface area contributed by atoms with Crippen molar-refractivity contribution in [1.82, 2.24) is 5.32 Å². The van der Waals surface area contributed by atoms with Crippen LogP contribution < -0.4 is 5.32 Å². The summed E-state index contributed by atoms with van der Waals surface area (Å²) in [6.45, 7) is 2.53. The van der Waals surface area contributed by atoms with Crippen molar-refractivity contribution in [3.8, 4) is 0 Å². The first-order chi connectivity index (χ1) is 10.6. The Morgan fingerprint density at radius 3 is 2.32 bits per heavy atom. The number of carboxylic acids is 1. The molecule has 0 heterocycles. The zero-order valence-electron chi connectivity index (χ0n) is 12.6. The van der Waals surface area contributed by atoms with Gasteiger partial charge in [-0.2, -0.15) is 0 Å². The first-order valence-corrected chi connectivity index (χ1v) is 7.35. The van der Waals surface area contributed by atoms with Gasteiger partial charge < -0.3 is 15.5 Å². The highest BCUT2D eigenvalue weighted by atomic mass is 16.4. The molecule has 0 aliphatic rings. The second-order valence-electron chi connectivity index (χ2n) is 5.44. The average molecular weight is 299 g/mol. The molecule has 0 bridgehead atoms. The van der Waals surface area contributed by atoms with Crippen LogP contribution in [0.3, 0.4) is 0 Å². The number of rotatable bonds is 7. The molecule has 0 aliphatic carbocycles. The van der Waals surface area contributed by atoms with Crippen LogP contribution >= 0.6 is 0 Å². The number of benzene rings is 2. The van der Waals surface area contributed by atoms with Gasteiger partial charge in [0, 0.05) is 12.6 Å². The lowest BCUT2D eigenvalue weighted by atomic mass is 10.0. The average Bonchev–Trinajstić information content (AvgIpc) is 2.54. The minimum Gasteiger partial charge on any atom is -0.478 e. The van der Waals surface area contributed by atoms with Gasteiger partial charge in [0.25, 0.3) is 0 Å². The minimum atomic E-state index is -0.913. The Morgan fingerprint density at radius 1 is 1.09 bits per heavy atom. The lowest BCUT2D eigenvalue weighted by Crippen LogP contribution is -2.32. The van der Waals surface area contributed by atoms with Crippen molar-refractivity contribution < 1.29 is 15.0 Å². The second kappa shape index (κ2) is 7.73. The SMILES string of the molecule is CC(Cc1ccc(C(=O)O)cc1)NCC(O)c1ccccc1. The molecule has 0 spiro atoms. The normalized spacial score (nSPS) is 13.5. The number of aromatic carboxylic acids is 1. The molecule has 2 aromatic rings. The van der Waals surface area contributed by atoms with Gasteiger partial charge in [0.15, 0.2) is 0 Å². The molecule has 3 N–H and O–H groups in total. The topological polar surface area (TPSA) is 69.6 Å². The summed E-state index contributed by atoms with van der Waals surface area (Å²) in [5.41, 5.74) is 2.26. The van der Waals surface area contributed by atoms with Crippen molar-refractivity contribution in [2.45, 2.75) is 25.5 Å². The molecule has 22 heavy (non-hydrogen) atoms. The zero-order valence-corrected chi connectivity index (χ0v) is 12.6. The molecule has 2 aromatic carbocycles. The molecule has 0 fully saturated rings. The zero-order chi connectivity index (χ0) is 15.9. The van der Waals surface area contributed by atoms with Gasteiger partial charge in [-0.1, -0.05) is 42.5 Å². The van der Waals surface area contributed by atoms with Gasteiger partial charge in [0.2, 0.25) is 0 Å². The van der Waals surface area contributed by atoms with Crippen molar-refractivity contribution >= 4 is 5.97 Å². The quantitative estimate of drug-likeness (QED) is 0.735. The van der Waals surface area contributed by atoms with Gasteiger partial charge >= 0.3 is 5.97 Å². The molecule has 2 atom stereocenters. The summed E-state index contributed by atoms with van der Waals surface area (Å²) >= 11 is 0. The molecule has 4 heteroatoms. The number of aliphatic hydroxyl groups is 1. The van der Waals surface area contributed by atoms with Crippen LogP contribution in [0.1, 0.15) is 34.5 Å². The number of carbonyl (C=O) groups is 1. The van der Waals surface area contributed by atoms with E-state index in [1.165, 1.54) is 0 Å². The molecule has 2 unspecified atom stereocenters. The predicted octanol–water partition coefficient (Wildman–Crippen LogP) is 2.64.